The Morgan fingerprint density at radius 3 is 3.12 bits per heavy atom. The molecule has 1 aliphatic heterocycles. The van der Waals surface area contributed by atoms with Crippen molar-refractivity contribution in [3.8, 4) is 0 Å². The Balaban J connectivity index is 2.24. The van der Waals surface area contributed by atoms with E-state index in [2.05, 4.69) is 44.2 Å². The summed E-state index contributed by atoms with van der Waals surface area (Å²) < 4.78 is 6.86. The standard InChI is InChI=1S/C12H18BrN3O/c1-14-8-11-12(16(2)3-4-17-11)9-5-10(13)7-15-6-9/h5-7,11-12,14H,3-4,8H2,1-2H3. The van der Waals surface area contributed by atoms with E-state index in [0.29, 0.717) is 0 Å². The average Bonchev–Trinajstić information content (AvgIpc) is 2.29. The Morgan fingerprint density at radius 1 is 1.59 bits per heavy atom. The first-order valence-corrected chi connectivity index (χ1v) is 6.58. The summed E-state index contributed by atoms with van der Waals surface area (Å²) in [7, 11) is 4.09. The second-order valence-corrected chi connectivity index (χ2v) is 5.24. The summed E-state index contributed by atoms with van der Waals surface area (Å²) in [6.45, 7) is 2.60. The summed E-state index contributed by atoms with van der Waals surface area (Å²) in [5.74, 6) is 0. The Morgan fingerprint density at radius 2 is 2.41 bits per heavy atom. The van der Waals surface area contributed by atoms with Gasteiger partial charge in [0, 0.05) is 30.0 Å². The topological polar surface area (TPSA) is 37.4 Å². The molecule has 1 aromatic heterocycles. The van der Waals surface area contributed by atoms with Crippen molar-refractivity contribution in [2.75, 3.05) is 33.8 Å². The van der Waals surface area contributed by atoms with Gasteiger partial charge in [0.15, 0.2) is 0 Å². The molecule has 0 aromatic carbocycles. The Hall–Kier alpha value is -0.490. The van der Waals surface area contributed by atoms with E-state index in [1.807, 2.05) is 13.2 Å². The fourth-order valence-corrected chi connectivity index (χ4v) is 2.68. The number of hydrogen-bond acceptors (Lipinski definition) is 4. The van der Waals surface area contributed by atoms with Crippen LogP contribution < -0.4 is 5.32 Å². The van der Waals surface area contributed by atoms with Gasteiger partial charge in [-0.15, -0.1) is 0 Å². The summed E-state index contributed by atoms with van der Waals surface area (Å²) >= 11 is 3.47. The summed E-state index contributed by atoms with van der Waals surface area (Å²) in [5.41, 5.74) is 1.20. The minimum Gasteiger partial charge on any atom is -0.374 e. The van der Waals surface area contributed by atoms with Gasteiger partial charge in [-0.1, -0.05) is 0 Å². The average molecular weight is 300 g/mol. The fraction of sp³-hybridized carbons (Fsp3) is 0.583. The van der Waals surface area contributed by atoms with Crippen molar-refractivity contribution in [2.24, 2.45) is 0 Å². The summed E-state index contributed by atoms with van der Waals surface area (Å²) in [5, 5.41) is 3.19. The van der Waals surface area contributed by atoms with Crippen molar-refractivity contribution in [1.29, 1.82) is 0 Å². The highest BCUT2D eigenvalue weighted by atomic mass is 79.9. The van der Waals surface area contributed by atoms with E-state index in [0.717, 1.165) is 24.2 Å². The zero-order valence-electron chi connectivity index (χ0n) is 10.2. The number of halogens is 1. The van der Waals surface area contributed by atoms with Crippen molar-refractivity contribution < 1.29 is 4.74 Å². The molecule has 2 atom stereocenters. The van der Waals surface area contributed by atoms with Crippen molar-refractivity contribution in [3.63, 3.8) is 0 Å². The number of hydrogen-bond donors (Lipinski definition) is 1. The van der Waals surface area contributed by atoms with Gasteiger partial charge >= 0.3 is 0 Å². The van der Waals surface area contributed by atoms with Gasteiger partial charge in [-0.05, 0) is 41.7 Å². The van der Waals surface area contributed by atoms with Crippen LogP contribution in [0.2, 0.25) is 0 Å². The van der Waals surface area contributed by atoms with Crippen LogP contribution in [0.4, 0.5) is 0 Å². The van der Waals surface area contributed by atoms with Crippen LogP contribution in [0.1, 0.15) is 11.6 Å². The maximum atomic E-state index is 5.85. The highest BCUT2D eigenvalue weighted by molar-refractivity contribution is 9.10. The van der Waals surface area contributed by atoms with Gasteiger partial charge in [-0.2, -0.15) is 0 Å². The van der Waals surface area contributed by atoms with Gasteiger partial charge in [-0.25, -0.2) is 0 Å². The largest absolute Gasteiger partial charge is 0.374 e. The molecule has 1 aromatic rings. The van der Waals surface area contributed by atoms with E-state index >= 15 is 0 Å². The Labute approximate surface area is 110 Å². The number of morpholine rings is 1. The number of likely N-dealkylation sites (N-methyl/N-ethyl adjacent to an activating group) is 2. The molecule has 0 aliphatic carbocycles. The summed E-state index contributed by atoms with van der Waals surface area (Å²) in [6, 6.07) is 2.38. The molecule has 0 radical (unpaired) electrons. The SMILES string of the molecule is CNCC1OCCN(C)C1c1cncc(Br)c1. The van der Waals surface area contributed by atoms with E-state index < -0.39 is 0 Å². The molecule has 4 nitrogen and oxygen atoms in total. The Bertz CT molecular complexity index is 373. The van der Waals surface area contributed by atoms with Crippen LogP contribution in [0.25, 0.3) is 0 Å². The van der Waals surface area contributed by atoms with E-state index in [1.54, 1.807) is 6.20 Å². The lowest BCUT2D eigenvalue weighted by molar-refractivity contribution is -0.0607. The van der Waals surface area contributed by atoms with Crippen LogP contribution in [0.15, 0.2) is 22.9 Å². The number of ether oxygens (including phenoxy) is 1. The molecule has 0 saturated carbocycles. The maximum absolute atomic E-state index is 5.85. The van der Waals surface area contributed by atoms with E-state index in [9.17, 15) is 0 Å². The van der Waals surface area contributed by atoms with Crippen LogP contribution in [0.3, 0.4) is 0 Å². The van der Waals surface area contributed by atoms with Gasteiger partial charge in [0.05, 0.1) is 18.8 Å². The monoisotopic (exact) mass is 299 g/mol. The second-order valence-electron chi connectivity index (χ2n) is 4.33. The normalized spacial score (nSPS) is 26.1. The summed E-state index contributed by atoms with van der Waals surface area (Å²) in [6.07, 6.45) is 3.90. The first-order chi connectivity index (χ1) is 8.22. The zero-order chi connectivity index (χ0) is 12.3. The molecular weight excluding hydrogens is 282 g/mol. The lowest BCUT2D eigenvalue weighted by Gasteiger charge is -2.39. The number of pyridine rings is 1. The molecule has 5 heteroatoms. The van der Waals surface area contributed by atoms with Crippen LogP contribution in [0, 0.1) is 0 Å². The summed E-state index contributed by atoms with van der Waals surface area (Å²) in [4.78, 5) is 6.57. The molecule has 1 fully saturated rings. The molecule has 2 heterocycles. The molecule has 1 N–H and O–H groups in total. The van der Waals surface area contributed by atoms with Crippen molar-refractivity contribution in [2.45, 2.75) is 12.1 Å². The molecule has 2 rings (SSSR count). The predicted octanol–water partition coefficient (Wildman–Crippen LogP) is 1.44. The number of rotatable bonds is 3. The highest BCUT2D eigenvalue weighted by Crippen LogP contribution is 2.28. The van der Waals surface area contributed by atoms with E-state index in [-0.39, 0.29) is 12.1 Å². The van der Waals surface area contributed by atoms with Gasteiger partial charge in [-0.3, -0.25) is 9.88 Å². The number of aromatic nitrogens is 1. The molecule has 2 unspecified atom stereocenters. The smallest absolute Gasteiger partial charge is 0.0896 e. The van der Waals surface area contributed by atoms with Crippen molar-refractivity contribution in [3.05, 3.63) is 28.5 Å². The van der Waals surface area contributed by atoms with Crippen molar-refractivity contribution in [1.82, 2.24) is 15.2 Å². The molecule has 0 bridgehead atoms. The maximum Gasteiger partial charge on any atom is 0.0896 e. The molecule has 17 heavy (non-hydrogen) atoms. The fourth-order valence-electron chi connectivity index (χ4n) is 2.29. The van der Waals surface area contributed by atoms with Crippen molar-refractivity contribution >= 4 is 15.9 Å². The third-order valence-electron chi connectivity index (χ3n) is 3.08. The molecule has 0 amide bonds. The lowest BCUT2D eigenvalue weighted by atomic mass is 10.00. The highest BCUT2D eigenvalue weighted by Gasteiger charge is 2.31. The number of nitrogens with one attached hydrogen (secondary N) is 1. The van der Waals surface area contributed by atoms with Crippen LogP contribution in [-0.4, -0.2) is 49.8 Å². The quantitative estimate of drug-likeness (QED) is 0.916. The minimum absolute atomic E-state index is 0.176. The Kier molecular flexibility index (Phi) is 4.50. The third-order valence-corrected chi connectivity index (χ3v) is 3.51. The van der Waals surface area contributed by atoms with Gasteiger partial charge in [0.1, 0.15) is 0 Å². The molecule has 1 aliphatic rings. The van der Waals surface area contributed by atoms with Crippen LogP contribution in [0.5, 0.6) is 0 Å². The predicted molar refractivity (Wildman–Crippen MR) is 71.0 cm³/mol. The second kappa shape index (κ2) is 5.91. The van der Waals surface area contributed by atoms with Crippen LogP contribution >= 0.6 is 15.9 Å². The van der Waals surface area contributed by atoms with E-state index in [1.165, 1.54) is 5.56 Å². The molecule has 1 saturated heterocycles. The van der Waals surface area contributed by atoms with Gasteiger partial charge in [0.25, 0.3) is 0 Å². The van der Waals surface area contributed by atoms with Gasteiger partial charge < -0.3 is 10.1 Å². The first-order valence-electron chi connectivity index (χ1n) is 5.79. The van der Waals surface area contributed by atoms with Crippen LogP contribution in [-0.2, 0) is 4.74 Å². The molecule has 0 spiro atoms. The molecule has 94 valence electrons. The van der Waals surface area contributed by atoms with E-state index in [4.69, 9.17) is 4.74 Å². The molecular formula is C12H18BrN3O. The third kappa shape index (κ3) is 3.04. The first kappa shape index (κ1) is 13.0. The number of nitrogens with zero attached hydrogens (tertiary/aromatic N) is 2. The zero-order valence-corrected chi connectivity index (χ0v) is 11.8. The lowest BCUT2D eigenvalue weighted by Crippen LogP contribution is -2.47. The minimum atomic E-state index is 0.176. The van der Waals surface area contributed by atoms with Gasteiger partial charge in [0.2, 0.25) is 0 Å².